The lowest BCUT2D eigenvalue weighted by Crippen LogP contribution is -2.50. The van der Waals surface area contributed by atoms with Crippen LogP contribution in [-0.4, -0.2) is 23.6 Å². The Morgan fingerprint density at radius 2 is 1.78 bits per heavy atom. The first kappa shape index (κ1) is 21.8. The van der Waals surface area contributed by atoms with Crippen molar-refractivity contribution in [1.82, 2.24) is 0 Å². The molecule has 1 N–H and O–H groups in total. The number of ketones is 1. The maximum absolute atomic E-state index is 13.5. The van der Waals surface area contributed by atoms with E-state index >= 15 is 0 Å². The van der Waals surface area contributed by atoms with Gasteiger partial charge in [-0.1, -0.05) is 37.6 Å². The Labute approximate surface area is 188 Å². The van der Waals surface area contributed by atoms with Gasteiger partial charge in [0.2, 0.25) is 0 Å². The second kappa shape index (κ2) is 7.79. The molecule has 172 valence electrons. The van der Waals surface area contributed by atoms with E-state index in [0.29, 0.717) is 17.8 Å². The van der Waals surface area contributed by atoms with Gasteiger partial charge in [-0.05, 0) is 97.5 Å². The molecule has 0 heterocycles. The first-order valence-electron chi connectivity index (χ1n) is 11.9. The van der Waals surface area contributed by atoms with Crippen LogP contribution in [0.25, 0.3) is 6.08 Å². The smallest absolute Gasteiger partial charge is 0.387 e. The SMILES string of the molecule is CC12CCC3C(CC=C4CC(O)CCC43C)C1C/C(=C\c1ccc(OC(F)F)cc1)C2=O. The number of hydrogen-bond acceptors (Lipinski definition) is 3. The number of carbonyl (C=O) groups excluding carboxylic acids is 1. The fraction of sp³-hybridized carbons (Fsp3) is 0.593. The monoisotopic (exact) mass is 442 g/mol. The van der Waals surface area contributed by atoms with Crippen LogP contribution < -0.4 is 4.74 Å². The Morgan fingerprint density at radius 3 is 2.50 bits per heavy atom. The molecule has 0 aromatic heterocycles. The molecule has 32 heavy (non-hydrogen) atoms. The summed E-state index contributed by atoms with van der Waals surface area (Å²) in [6.07, 6.45) is 10.6. The number of rotatable bonds is 3. The number of ether oxygens (including phenoxy) is 1. The van der Waals surface area contributed by atoms with E-state index in [1.807, 2.05) is 6.08 Å². The van der Waals surface area contributed by atoms with E-state index in [-0.39, 0.29) is 28.5 Å². The molecule has 3 saturated carbocycles. The van der Waals surface area contributed by atoms with E-state index in [4.69, 9.17) is 0 Å². The lowest BCUT2D eigenvalue weighted by atomic mass is 9.48. The average Bonchev–Trinajstić information content (AvgIpc) is 3.00. The zero-order valence-electron chi connectivity index (χ0n) is 18.8. The summed E-state index contributed by atoms with van der Waals surface area (Å²) in [6.45, 7) is 1.70. The minimum atomic E-state index is -2.84. The molecule has 0 aliphatic heterocycles. The summed E-state index contributed by atoms with van der Waals surface area (Å²) < 4.78 is 29.2. The number of allylic oxidation sites excluding steroid dienone is 2. The molecule has 1 aromatic carbocycles. The largest absolute Gasteiger partial charge is 0.435 e. The summed E-state index contributed by atoms with van der Waals surface area (Å²) in [6, 6.07) is 6.51. The van der Waals surface area contributed by atoms with E-state index < -0.39 is 6.61 Å². The third-order valence-corrected chi connectivity index (χ3v) is 9.16. The lowest BCUT2D eigenvalue weighted by molar-refractivity contribution is -0.130. The van der Waals surface area contributed by atoms with Gasteiger partial charge in [-0.25, -0.2) is 0 Å². The zero-order chi connectivity index (χ0) is 22.7. The highest BCUT2D eigenvalue weighted by atomic mass is 19.3. The number of fused-ring (bicyclic) bond motifs is 5. The minimum Gasteiger partial charge on any atom is -0.435 e. The molecule has 4 aliphatic rings. The Bertz CT molecular complexity index is 966. The van der Waals surface area contributed by atoms with Crippen molar-refractivity contribution in [2.45, 2.75) is 71.5 Å². The Balaban J connectivity index is 1.41. The van der Waals surface area contributed by atoms with Gasteiger partial charge < -0.3 is 9.84 Å². The number of carbonyl (C=O) groups is 1. The predicted molar refractivity (Wildman–Crippen MR) is 119 cm³/mol. The van der Waals surface area contributed by atoms with Gasteiger partial charge in [0.15, 0.2) is 5.78 Å². The second-order valence-corrected chi connectivity index (χ2v) is 10.8. The Hall–Kier alpha value is -2.01. The standard InChI is InChI=1S/C27H32F2O3/c1-26-11-9-19(30)15-18(26)5-8-21-22(26)10-12-27(2)23(21)14-17(24(27)31)13-16-3-6-20(7-4-16)32-25(28)29/h3-7,13,19,21-23,25,30H,8-12,14-15H2,1-2H3/b17-13+. The van der Waals surface area contributed by atoms with Crippen LogP contribution in [0.15, 0.2) is 41.5 Å². The highest BCUT2D eigenvalue weighted by Gasteiger charge is 2.59. The number of alkyl halides is 2. The zero-order valence-corrected chi connectivity index (χ0v) is 18.8. The summed E-state index contributed by atoms with van der Waals surface area (Å²) in [5.41, 5.74) is 2.97. The molecule has 5 rings (SSSR count). The van der Waals surface area contributed by atoms with Crippen LogP contribution in [0.5, 0.6) is 5.75 Å². The molecule has 5 heteroatoms. The van der Waals surface area contributed by atoms with E-state index in [0.717, 1.165) is 56.1 Å². The Morgan fingerprint density at radius 1 is 1.06 bits per heavy atom. The predicted octanol–water partition coefficient (Wildman–Crippen LogP) is 6.17. The van der Waals surface area contributed by atoms with E-state index in [9.17, 15) is 18.7 Å². The summed E-state index contributed by atoms with van der Waals surface area (Å²) in [5.74, 6) is 1.79. The fourth-order valence-electron chi connectivity index (χ4n) is 7.39. The maximum atomic E-state index is 13.5. The van der Waals surface area contributed by atoms with Gasteiger partial charge in [0, 0.05) is 5.41 Å². The maximum Gasteiger partial charge on any atom is 0.387 e. The molecule has 0 spiro atoms. The topological polar surface area (TPSA) is 46.5 Å². The lowest BCUT2D eigenvalue weighted by Gasteiger charge is -2.56. The van der Waals surface area contributed by atoms with Gasteiger partial charge in [0.25, 0.3) is 0 Å². The summed E-state index contributed by atoms with van der Waals surface area (Å²) >= 11 is 0. The van der Waals surface area contributed by atoms with Crippen LogP contribution in [-0.2, 0) is 4.79 Å². The molecule has 3 nitrogen and oxygen atoms in total. The van der Waals surface area contributed by atoms with Crippen molar-refractivity contribution >= 4 is 11.9 Å². The molecule has 1 aromatic rings. The highest BCUT2D eigenvalue weighted by molar-refractivity contribution is 6.05. The van der Waals surface area contributed by atoms with E-state index in [2.05, 4.69) is 24.7 Å². The van der Waals surface area contributed by atoms with Crippen molar-refractivity contribution in [2.75, 3.05) is 0 Å². The first-order valence-corrected chi connectivity index (χ1v) is 11.9. The summed E-state index contributed by atoms with van der Waals surface area (Å²) in [5, 5.41) is 10.2. The van der Waals surface area contributed by atoms with Gasteiger partial charge in [-0.3, -0.25) is 4.79 Å². The number of halogens is 2. The number of Topliss-reactive ketones (excluding diaryl/α,β-unsaturated/α-hetero) is 1. The van der Waals surface area contributed by atoms with Gasteiger partial charge >= 0.3 is 6.61 Å². The molecular formula is C27H32F2O3. The minimum absolute atomic E-state index is 0.124. The molecule has 0 radical (unpaired) electrons. The third-order valence-electron chi connectivity index (χ3n) is 9.16. The van der Waals surface area contributed by atoms with Crippen LogP contribution in [0.4, 0.5) is 8.78 Å². The molecule has 4 aliphatic carbocycles. The van der Waals surface area contributed by atoms with Crippen molar-refractivity contribution in [3.63, 3.8) is 0 Å². The van der Waals surface area contributed by atoms with Crippen LogP contribution in [0.3, 0.4) is 0 Å². The molecule has 6 unspecified atom stereocenters. The number of hydrogen-bond donors (Lipinski definition) is 1. The second-order valence-electron chi connectivity index (χ2n) is 10.8. The molecule has 3 fully saturated rings. The molecule has 0 bridgehead atoms. The van der Waals surface area contributed by atoms with Crippen molar-refractivity contribution in [1.29, 1.82) is 0 Å². The van der Waals surface area contributed by atoms with Gasteiger partial charge in [-0.2, -0.15) is 8.78 Å². The normalized spacial score (nSPS) is 40.0. The van der Waals surface area contributed by atoms with Gasteiger partial charge in [-0.15, -0.1) is 0 Å². The van der Waals surface area contributed by atoms with Crippen LogP contribution >= 0.6 is 0 Å². The average molecular weight is 443 g/mol. The molecular weight excluding hydrogens is 410 g/mol. The Kier molecular flexibility index (Phi) is 5.31. The molecule has 0 amide bonds. The highest BCUT2D eigenvalue weighted by Crippen LogP contribution is 2.64. The third kappa shape index (κ3) is 3.44. The number of aliphatic hydroxyl groups excluding tert-OH is 1. The van der Waals surface area contributed by atoms with Crippen molar-refractivity contribution in [3.8, 4) is 5.75 Å². The van der Waals surface area contributed by atoms with Gasteiger partial charge in [0.05, 0.1) is 6.10 Å². The quantitative estimate of drug-likeness (QED) is 0.450. The number of aliphatic hydroxyl groups is 1. The summed E-state index contributed by atoms with van der Waals surface area (Å²) in [7, 11) is 0. The van der Waals surface area contributed by atoms with Crippen molar-refractivity contribution < 1.29 is 23.4 Å². The van der Waals surface area contributed by atoms with Gasteiger partial charge in [0.1, 0.15) is 5.75 Å². The first-order chi connectivity index (χ1) is 15.2. The van der Waals surface area contributed by atoms with Crippen LogP contribution in [0, 0.1) is 28.6 Å². The van der Waals surface area contributed by atoms with E-state index in [1.165, 1.54) is 17.7 Å². The molecule has 6 atom stereocenters. The summed E-state index contributed by atoms with van der Waals surface area (Å²) in [4.78, 5) is 13.5. The van der Waals surface area contributed by atoms with Crippen molar-refractivity contribution in [3.05, 3.63) is 47.1 Å². The van der Waals surface area contributed by atoms with Crippen LogP contribution in [0.2, 0.25) is 0 Å². The van der Waals surface area contributed by atoms with Crippen LogP contribution in [0.1, 0.15) is 64.4 Å². The van der Waals surface area contributed by atoms with Crippen molar-refractivity contribution in [2.24, 2.45) is 28.6 Å². The van der Waals surface area contributed by atoms with E-state index in [1.54, 1.807) is 12.1 Å². The number of benzene rings is 1. The molecule has 0 saturated heterocycles. The fourth-order valence-corrected chi connectivity index (χ4v) is 7.39.